The maximum Gasteiger partial charge on any atom is 0.256 e. The van der Waals surface area contributed by atoms with E-state index in [1.54, 1.807) is 6.07 Å². The van der Waals surface area contributed by atoms with Gasteiger partial charge in [0.05, 0.1) is 5.56 Å². The molecule has 5 heteroatoms. The van der Waals surface area contributed by atoms with Crippen molar-refractivity contribution in [1.29, 1.82) is 0 Å². The lowest BCUT2D eigenvalue weighted by Gasteiger charge is -2.09. The van der Waals surface area contributed by atoms with Gasteiger partial charge in [0.15, 0.2) is 0 Å². The highest BCUT2D eigenvalue weighted by molar-refractivity contribution is 6.12. The first-order valence-electron chi connectivity index (χ1n) is 7.84. The van der Waals surface area contributed by atoms with Crippen LogP contribution in [0.25, 0.3) is 10.9 Å². The molecule has 1 amide bonds. The van der Waals surface area contributed by atoms with E-state index in [0.717, 1.165) is 12.8 Å². The summed E-state index contributed by atoms with van der Waals surface area (Å²) in [5.74, 6) is -0.309. The third-order valence-electron chi connectivity index (χ3n) is 4.24. The average molecular weight is 322 g/mol. The molecule has 1 heterocycles. The molecule has 0 radical (unpaired) electrons. The Kier molecular flexibility index (Phi) is 3.41. The topological polar surface area (TPSA) is 62.0 Å². The average Bonchev–Trinajstić information content (AvgIpc) is 3.38. The smallest absolute Gasteiger partial charge is 0.256 e. The van der Waals surface area contributed by atoms with Crippen LogP contribution in [0.4, 0.5) is 10.1 Å². The van der Waals surface area contributed by atoms with Gasteiger partial charge < -0.3 is 10.3 Å². The number of H-pyrrole nitrogens is 1. The summed E-state index contributed by atoms with van der Waals surface area (Å²) in [7, 11) is 0. The number of rotatable bonds is 3. The molecule has 0 saturated heterocycles. The van der Waals surface area contributed by atoms with Crippen LogP contribution in [-0.2, 0) is 0 Å². The number of hydrogen-bond acceptors (Lipinski definition) is 2. The third-order valence-corrected chi connectivity index (χ3v) is 4.24. The van der Waals surface area contributed by atoms with Gasteiger partial charge in [-0.1, -0.05) is 18.2 Å². The molecule has 0 spiro atoms. The van der Waals surface area contributed by atoms with Gasteiger partial charge in [0, 0.05) is 22.7 Å². The second kappa shape index (κ2) is 5.60. The highest BCUT2D eigenvalue weighted by atomic mass is 19.1. The number of halogens is 1. The van der Waals surface area contributed by atoms with E-state index in [4.69, 9.17) is 0 Å². The number of anilines is 1. The van der Waals surface area contributed by atoms with Crippen molar-refractivity contribution in [2.24, 2.45) is 0 Å². The fourth-order valence-corrected chi connectivity index (χ4v) is 2.90. The van der Waals surface area contributed by atoms with Crippen molar-refractivity contribution in [3.8, 4) is 0 Å². The lowest BCUT2D eigenvalue weighted by Crippen LogP contribution is -2.17. The summed E-state index contributed by atoms with van der Waals surface area (Å²) in [5, 5.41) is 3.31. The summed E-state index contributed by atoms with van der Waals surface area (Å²) >= 11 is 0. The zero-order valence-corrected chi connectivity index (χ0v) is 12.8. The van der Waals surface area contributed by atoms with Gasteiger partial charge >= 0.3 is 0 Å². The molecule has 0 atom stereocenters. The number of amides is 1. The molecule has 1 aromatic heterocycles. The van der Waals surface area contributed by atoms with Crippen LogP contribution < -0.4 is 10.9 Å². The Labute approximate surface area is 137 Å². The number of nitrogens with one attached hydrogen (secondary N) is 2. The number of carbonyl (C=O) groups excluding carboxylic acids is 1. The maximum absolute atomic E-state index is 13.3. The molecule has 0 unspecified atom stereocenters. The van der Waals surface area contributed by atoms with Crippen LogP contribution in [0.15, 0.2) is 53.3 Å². The number of fused-ring (bicyclic) bond motifs is 1. The summed E-state index contributed by atoms with van der Waals surface area (Å²) in [6, 6.07) is 12.7. The van der Waals surface area contributed by atoms with Crippen LogP contribution in [0.3, 0.4) is 0 Å². The van der Waals surface area contributed by atoms with Crippen molar-refractivity contribution in [1.82, 2.24) is 4.98 Å². The standard InChI is InChI=1S/C19H15FN2O2/c20-13-2-1-3-14(9-13)21-19(24)16-10-18(23)22-17-8-12(11-4-5-11)6-7-15(16)17/h1-3,6-11H,4-5H2,(H,21,24)(H,22,23). The monoisotopic (exact) mass is 322 g/mol. The highest BCUT2D eigenvalue weighted by Crippen LogP contribution is 2.40. The van der Waals surface area contributed by atoms with Gasteiger partial charge in [0.25, 0.3) is 5.91 Å². The predicted octanol–water partition coefficient (Wildman–Crippen LogP) is 3.80. The van der Waals surface area contributed by atoms with E-state index in [1.165, 1.54) is 29.8 Å². The first kappa shape index (κ1) is 14.6. The highest BCUT2D eigenvalue weighted by Gasteiger charge is 2.24. The Morgan fingerprint density at radius 1 is 1.12 bits per heavy atom. The maximum atomic E-state index is 13.3. The van der Waals surface area contributed by atoms with Gasteiger partial charge in [-0.25, -0.2) is 4.39 Å². The van der Waals surface area contributed by atoms with E-state index >= 15 is 0 Å². The van der Waals surface area contributed by atoms with Gasteiger partial charge in [-0.3, -0.25) is 9.59 Å². The minimum atomic E-state index is -0.434. The summed E-state index contributed by atoms with van der Waals surface area (Å²) in [6.07, 6.45) is 2.32. The number of hydrogen-bond donors (Lipinski definition) is 2. The molecular weight excluding hydrogens is 307 g/mol. The van der Waals surface area contributed by atoms with E-state index < -0.39 is 11.7 Å². The summed E-state index contributed by atoms with van der Waals surface area (Å²) in [6.45, 7) is 0. The molecule has 0 aliphatic heterocycles. The molecule has 2 N–H and O–H groups in total. The molecule has 120 valence electrons. The van der Waals surface area contributed by atoms with Gasteiger partial charge in [-0.2, -0.15) is 0 Å². The molecule has 2 aromatic carbocycles. The Morgan fingerprint density at radius 2 is 1.96 bits per heavy atom. The van der Waals surface area contributed by atoms with Crippen molar-refractivity contribution < 1.29 is 9.18 Å². The second-order valence-corrected chi connectivity index (χ2v) is 6.09. The molecule has 1 saturated carbocycles. The van der Waals surface area contributed by atoms with Crippen LogP contribution in [0.2, 0.25) is 0 Å². The first-order chi connectivity index (χ1) is 11.6. The largest absolute Gasteiger partial charge is 0.322 e. The minimum Gasteiger partial charge on any atom is -0.322 e. The van der Waals surface area contributed by atoms with Crippen molar-refractivity contribution in [3.05, 3.63) is 75.8 Å². The lowest BCUT2D eigenvalue weighted by molar-refractivity contribution is 0.102. The predicted molar refractivity (Wildman–Crippen MR) is 90.9 cm³/mol. The van der Waals surface area contributed by atoms with Crippen LogP contribution >= 0.6 is 0 Å². The Balaban J connectivity index is 1.74. The fraction of sp³-hybridized carbons (Fsp3) is 0.158. The zero-order chi connectivity index (χ0) is 16.7. The summed E-state index contributed by atoms with van der Waals surface area (Å²) in [4.78, 5) is 27.2. The molecule has 1 aliphatic rings. The third kappa shape index (κ3) is 2.80. The van der Waals surface area contributed by atoms with Crippen LogP contribution in [0.1, 0.15) is 34.7 Å². The van der Waals surface area contributed by atoms with E-state index in [9.17, 15) is 14.0 Å². The van der Waals surface area contributed by atoms with E-state index in [2.05, 4.69) is 10.3 Å². The van der Waals surface area contributed by atoms with Gasteiger partial charge in [0.1, 0.15) is 5.82 Å². The Hall–Kier alpha value is -2.95. The summed E-state index contributed by atoms with van der Waals surface area (Å²) < 4.78 is 13.3. The van der Waals surface area contributed by atoms with E-state index in [1.807, 2.05) is 18.2 Å². The normalized spacial score (nSPS) is 13.9. The Bertz CT molecular complexity index is 1010. The molecule has 1 aliphatic carbocycles. The molecule has 24 heavy (non-hydrogen) atoms. The minimum absolute atomic E-state index is 0.278. The van der Waals surface area contributed by atoms with Crippen LogP contribution in [0.5, 0.6) is 0 Å². The zero-order valence-electron chi connectivity index (χ0n) is 12.8. The van der Waals surface area contributed by atoms with Crippen molar-refractivity contribution in [2.45, 2.75) is 18.8 Å². The molecule has 1 fully saturated rings. The number of aromatic amines is 1. The van der Waals surface area contributed by atoms with Gasteiger partial charge in [-0.05, 0) is 48.6 Å². The SMILES string of the molecule is O=C(Nc1cccc(F)c1)c1cc(=O)[nH]c2cc(C3CC3)ccc12. The fourth-order valence-electron chi connectivity index (χ4n) is 2.90. The lowest BCUT2D eigenvalue weighted by atomic mass is 10.0. The summed E-state index contributed by atoms with van der Waals surface area (Å²) in [5.41, 5.74) is 2.13. The van der Waals surface area contributed by atoms with Crippen LogP contribution in [0, 0.1) is 5.82 Å². The molecule has 4 nitrogen and oxygen atoms in total. The number of benzene rings is 2. The number of pyridine rings is 1. The van der Waals surface area contributed by atoms with Crippen LogP contribution in [-0.4, -0.2) is 10.9 Å². The molecule has 4 rings (SSSR count). The molecule has 3 aromatic rings. The van der Waals surface area contributed by atoms with Crippen molar-refractivity contribution in [2.75, 3.05) is 5.32 Å². The molecule has 0 bridgehead atoms. The Morgan fingerprint density at radius 3 is 2.71 bits per heavy atom. The van der Waals surface area contributed by atoms with Gasteiger partial charge in [0.2, 0.25) is 5.56 Å². The second-order valence-electron chi connectivity index (χ2n) is 6.09. The first-order valence-corrected chi connectivity index (χ1v) is 7.84. The number of carbonyl (C=O) groups is 1. The molecular formula is C19H15FN2O2. The van der Waals surface area contributed by atoms with Crippen molar-refractivity contribution >= 4 is 22.5 Å². The van der Waals surface area contributed by atoms with Crippen molar-refractivity contribution in [3.63, 3.8) is 0 Å². The van der Waals surface area contributed by atoms with E-state index in [0.29, 0.717) is 22.5 Å². The number of aromatic nitrogens is 1. The van der Waals surface area contributed by atoms with E-state index in [-0.39, 0.29) is 11.1 Å². The quantitative estimate of drug-likeness (QED) is 0.770. The van der Waals surface area contributed by atoms with Gasteiger partial charge in [-0.15, -0.1) is 0 Å².